The van der Waals surface area contributed by atoms with Crippen LogP contribution in [0, 0.1) is 0 Å². The highest BCUT2D eigenvalue weighted by molar-refractivity contribution is 5.00. The fraction of sp³-hybridized carbons (Fsp3) is 0.818. The van der Waals surface area contributed by atoms with Crippen molar-refractivity contribution in [3.63, 3.8) is 0 Å². The van der Waals surface area contributed by atoms with Gasteiger partial charge in [0.2, 0.25) is 0 Å². The van der Waals surface area contributed by atoms with Crippen LogP contribution in [-0.4, -0.2) is 11.2 Å². The number of unbranched alkanes of at least 4 members (excludes halogenated alkanes) is 3. The van der Waals surface area contributed by atoms with E-state index in [-0.39, 0.29) is 6.10 Å². The van der Waals surface area contributed by atoms with E-state index < -0.39 is 0 Å². The Morgan fingerprint density at radius 2 is 1.92 bits per heavy atom. The molecule has 0 spiro atoms. The standard InChI is InChI=1S/C11H22O/c1-4-6-7-8-9-10(3)11(12)5-2/h11-12H,3-9H2,1-2H3. The predicted molar refractivity (Wildman–Crippen MR) is 54.2 cm³/mol. The molecule has 0 aromatic rings. The van der Waals surface area contributed by atoms with Crippen LogP contribution in [0.3, 0.4) is 0 Å². The van der Waals surface area contributed by atoms with E-state index in [1.54, 1.807) is 0 Å². The maximum atomic E-state index is 9.38. The van der Waals surface area contributed by atoms with E-state index in [4.69, 9.17) is 0 Å². The van der Waals surface area contributed by atoms with E-state index >= 15 is 0 Å². The van der Waals surface area contributed by atoms with Gasteiger partial charge in [-0.05, 0) is 24.8 Å². The number of hydrogen-bond donors (Lipinski definition) is 1. The van der Waals surface area contributed by atoms with Gasteiger partial charge in [-0.25, -0.2) is 0 Å². The van der Waals surface area contributed by atoms with E-state index in [0.29, 0.717) is 0 Å². The summed E-state index contributed by atoms with van der Waals surface area (Å²) in [7, 11) is 0. The van der Waals surface area contributed by atoms with E-state index in [9.17, 15) is 5.11 Å². The lowest BCUT2D eigenvalue weighted by Crippen LogP contribution is -2.07. The van der Waals surface area contributed by atoms with E-state index in [1.165, 1.54) is 25.7 Å². The summed E-state index contributed by atoms with van der Waals surface area (Å²) in [6.45, 7) is 8.07. The predicted octanol–water partition coefficient (Wildman–Crippen LogP) is 3.28. The normalized spacial score (nSPS) is 12.9. The highest BCUT2D eigenvalue weighted by atomic mass is 16.3. The van der Waals surface area contributed by atoms with Crippen LogP contribution >= 0.6 is 0 Å². The molecule has 0 aromatic carbocycles. The molecule has 72 valence electrons. The molecule has 0 aliphatic carbocycles. The molecular weight excluding hydrogens is 148 g/mol. The van der Waals surface area contributed by atoms with Gasteiger partial charge in [0.05, 0.1) is 6.10 Å². The van der Waals surface area contributed by atoms with Gasteiger partial charge in [0.1, 0.15) is 0 Å². The largest absolute Gasteiger partial charge is 0.389 e. The van der Waals surface area contributed by atoms with Crippen molar-refractivity contribution in [1.29, 1.82) is 0 Å². The molecule has 0 rings (SSSR count). The van der Waals surface area contributed by atoms with Gasteiger partial charge in [0, 0.05) is 0 Å². The Kier molecular flexibility index (Phi) is 7.17. The van der Waals surface area contributed by atoms with Crippen LogP contribution in [0.25, 0.3) is 0 Å². The molecule has 0 aromatic heterocycles. The molecule has 1 heteroatoms. The molecule has 0 fully saturated rings. The van der Waals surface area contributed by atoms with Crippen molar-refractivity contribution in [3.8, 4) is 0 Å². The Balaban J connectivity index is 3.31. The van der Waals surface area contributed by atoms with Crippen molar-refractivity contribution in [3.05, 3.63) is 12.2 Å². The average Bonchev–Trinajstić information content (AvgIpc) is 2.10. The lowest BCUT2D eigenvalue weighted by Gasteiger charge is -2.10. The van der Waals surface area contributed by atoms with Gasteiger partial charge in [0.25, 0.3) is 0 Å². The fourth-order valence-corrected chi connectivity index (χ4v) is 1.23. The quantitative estimate of drug-likeness (QED) is 0.459. The van der Waals surface area contributed by atoms with Gasteiger partial charge >= 0.3 is 0 Å². The summed E-state index contributed by atoms with van der Waals surface area (Å²) in [5.74, 6) is 0. The summed E-state index contributed by atoms with van der Waals surface area (Å²) in [5.41, 5.74) is 1.01. The summed E-state index contributed by atoms with van der Waals surface area (Å²) >= 11 is 0. The van der Waals surface area contributed by atoms with E-state index in [0.717, 1.165) is 18.4 Å². The van der Waals surface area contributed by atoms with Crippen molar-refractivity contribution >= 4 is 0 Å². The molecule has 0 radical (unpaired) electrons. The Hall–Kier alpha value is -0.300. The lowest BCUT2D eigenvalue weighted by molar-refractivity contribution is 0.202. The number of aliphatic hydroxyl groups excluding tert-OH is 1. The molecular formula is C11H22O. The van der Waals surface area contributed by atoms with E-state index in [1.807, 2.05) is 6.92 Å². The van der Waals surface area contributed by atoms with Gasteiger partial charge in [-0.1, -0.05) is 39.7 Å². The zero-order valence-electron chi connectivity index (χ0n) is 8.47. The number of rotatable bonds is 7. The minimum Gasteiger partial charge on any atom is -0.389 e. The van der Waals surface area contributed by atoms with Gasteiger partial charge < -0.3 is 5.11 Å². The highest BCUT2D eigenvalue weighted by Gasteiger charge is 2.04. The first kappa shape index (κ1) is 11.7. The molecule has 1 nitrogen and oxygen atoms in total. The fourth-order valence-electron chi connectivity index (χ4n) is 1.23. The zero-order chi connectivity index (χ0) is 9.40. The van der Waals surface area contributed by atoms with Crippen LogP contribution in [-0.2, 0) is 0 Å². The Morgan fingerprint density at radius 1 is 1.25 bits per heavy atom. The second kappa shape index (κ2) is 7.35. The van der Waals surface area contributed by atoms with Crippen LogP contribution in [0.2, 0.25) is 0 Å². The summed E-state index contributed by atoms with van der Waals surface area (Å²) in [5, 5.41) is 9.38. The third-order valence-electron chi connectivity index (χ3n) is 2.21. The second-order valence-electron chi connectivity index (χ2n) is 3.39. The topological polar surface area (TPSA) is 20.2 Å². The Bertz CT molecular complexity index is 118. The molecule has 0 aliphatic rings. The van der Waals surface area contributed by atoms with Crippen LogP contribution in [0.4, 0.5) is 0 Å². The Morgan fingerprint density at radius 3 is 2.42 bits per heavy atom. The van der Waals surface area contributed by atoms with Gasteiger partial charge in [-0.2, -0.15) is 0 Å². The van der Waals surface area contributed by atoms with E-state index in [2.05, 4.69) is 13.5 Å². The first-order valence-electron chi connectivity index (χ1n) is 5.08. The summed E-state index contributed by atoms with van der Waals surface area (Å²) in [6.07, 6.45) is 6.54. The van der Waals surface area contributed by atoms with Crippen molar-refractivity contribution in [2.24, 2.45) is 0 Å². The van der Waals surface area contributed by atoms with Gasteiger partial charge in [-0.15, -0.1) is 0 Å². The van der Waals surface area contributed by atoms with Crippen molar-refractivity contribution in [2.45, 2.75) is 58.5 Å². The van der Waals surface area contributed by atoms with Crippen LogP contribution < -0.4 is 0 Å². The molecule has 0 saturated carbocycles. The molecule has 1 atom stereocenters. The molecule has 1 N–H and O–H groups in total. The first-order valence-corrected chi connectivity index (χ1v) is 5.08. The maximum absolute atomic E-state index is 9.38. The molecule has 12 heavy (non-hydrogen) atoms. The third kappa shape index (κ3) is 5.36. The molecule has 0 bridgehead atoms. The van der Waals surface area contributed by atoms with Gasteiger partial charge in [0.15, 0.2) is 0 Å². The first-order chi connectivity index (χ1) is 5.72. The number of hydrogen-bond acceptors (Lipinski definition) is 1. The Labute approximate surface area is 76.5 Å². The second-order valence-corrected chi connectivity index (χ2v) is 3.39. The average molecular weight is 170 g/mol. The molecule has 1 unspecified atom stereocenters. The van der Waals surface area contributed by atoms with Gasteiger partial charge in [-0.3, -0.25) is 0 Å². The minimum atomic E-state index is -0.272. The SMILES string of the molecule is C=C(CCCCCC)C(O)CC. The van der Waals surface area contributed by atoms with Crippen LogP contribution in [0.15, 0.2) is 12.2 Å². The minimum absolute atomic E-state index is 0.272. The monoisotopic (exact) mass is 170 g/mol. The van der Waals surface area contributed by atoms with Crippen LogP contribution in [0.1, 0.15) is 52.4 Å². The smallest absolute Gasteiger partial charge is 0.0744 e. The maximum Gasteiger partial charge on any atom is 0.0744 e. The van der Waals surface area contributed by atoms with Crippen molar-refractivity contribution in [1.82, 2.24) is 0 Å². The molecule has 0 heterocycles. The lowest BCUT2D eigenvalue weighted by atomic mass is 10.0. The summed E-state index contributed by atoms with van der Waals surface area (Å²) < 4.78 is 0. The molecule has 0 amide bonds. The van der Waals surface area contributed by atoms with Crippen molar-refractivity contribution in [2.75, 3.05) is 0 Å². The molecule has 0 aliphatic heterocycles. The number of aliphatic hydroxyl groups is 1. The highest BCUT2D eigenvalue weighted by Crippen LogP contribution is 2.13. The third-order valence-corrected chi connectivity index (χ3v) is 2.21. The molecule has 0 saturated heterocycles. The summed E-state index contributed by atoms with van der Waals surface area (Å²) in [4.78, 5) is 0. The van der Waals surface area contributed by atoms with Crippen molar-refractivity contribution < 1.29 is 5.11 Å². The van der Waals surface area contributed by atoms with Crippen LogP contribution in [0.5, 0.6) is 0 Å². The zero-order valence-corrected chi connectivity index (χ0v) is 8.47. The summed E-state index contributed by atoms with van der Waals surface area (Å²) in [6, 6.07) is 0.